The average molecular weight is 443 g/mol. The van der Waals surface area contributed by atoms with Gasteiger partial charge in [-0.3, -0.25) is 14.4 Å². The smallest absolute Gasteiger partial charge is 0.255 e. The number of hydrogen-bond donors (Lipinski definition) is 5. The van der Waals surface area contributed by atoms with Crippen molar-refractivity contribution in [2.45, 2.75) is 44.8 Å². The van der Waals surface area contributed by atoms with Gasteiger partial charge in [-0.1, -0.05) is 6.92 Å². The second-order valence-electron chi connectivity index (χ2n) is 8.59. The van der Waals surface area contributed by atoms with E-state index in [-0.39, 0.29) is 36.3 Å². The van der Waals surface area contributed by atoms with Gasteiger partial charge in [0.25, 0.3) is 5.91 Å². The predicted octanol–water partition coefficient (Wildman–Crippen LogP) is 1.13. The highest BCUT2D eigenvalue weighted by molar-refractivity contribution is 6.22. The fourth-order valence-electron chi connectivity index (χ4n) is 5.41. The molecule has 6 N–H and O–H groups in total. The molecule has 1 aromatic rings. The Bertz CT molecular complexity index is 1130. The van der Waals surface area contributed by atoms with Crippen molar-refractivity contribution < 1.29 is 39.5 Å². The normalized spacial score (nSPS) is 27.2. The molecule has 0 aromatic heterocycles. The molecule has 1 saturated carbocycles. The summed E-state index contributed by atoms with van der Waals surface area (Å²) in [5, 5.41) is 43.8. The van der Waals surface area contributed by atoms with Crippen LogP contribution >= 0.6 is 0 Å². The van der Waals surface area contributed by atoms with Crippen LogP contribution in [0.5, 0.6) is 5.75 Å². The van der Waals surface area contributed by atoms with Crippen LogP contribution in [0.1, 0.15) is 42.0 Å². The molecule has 1 aromatic carbocycles. The molecule has 1 fully saturated rings. The number of carbonyl (C=O) groups is 3. The van der Waals surface area contributed by atoms with Gasteiger partial charge in [0.2, 0.25) is 5.78 Å². The number of aromatic hydroxyl groups is 1. The Balaban J connectivity index is 1.95. The van der Waals surface area contributed by atoms with E-state index in [1.54, 1.807) is 6.07 Å². The first kappa shape index (κ1) is 22.0. The van der Waals surface area contributed by atoms with Gasteiger partial charge in [0.15, 0.2) is 11.4 Å². The molecule has 3 aliphatic carbocycles. The molecule has 3 aliphatic rings. The molecule has 0 heterocycles. The number of aryl methyl sites for hydroxylation is 1. The van der Waals surface area contributed by atoms with Gasteiger partial charge in [0.05, 0.1) is 12.2 Å². The van der Waals surface area contributed by atoms with E-state index in [2.05, 4.69) is 0 Å². The van der Waals surface area contributed by atoms with E-state index in [0.717, 1.165) is 5.56 Å². The van der Waals surface area contributed by atoms with Crippen molar-refractivity contribution in [3.63, 3.8) is 0 Å². The van der Waals surface area contributed by atoms with Crippen LogP contribution in [0.2, 0.25) is 0 Å². The van der Waals surface area contributed by atoms with Crippen LogP contribution in [-0.4, -0.2) is 50.6 Å². The minimum absolute atomic E-state index is 0.0890. The Morgan fingerprint density at radius 1 is 1.22 bits per heavy atom. The Labute approximate surface area is 183 Å². The molecule has 1 amide bonds. The number of aliphatic hydroxyl groups excluding tert-OH is 2. The number of aliphatic hydroxyl groups is 3. The molecular weight excluding hydrogens is 418 g/mol. The molecule has 0 radical (unpaired) electrons. The number of phenolic OH excluding ortho intramolecular Hbond substituents is 1. The molecule has 9 heteroatoms. The van der Waals surface area contributed by atoms with Crippen molar-refractivity contribution in [2.24, 2.45) is 17.6 Å². The summed E-state index contributed by atoms with van der Waals surface area (Å²) in [6.45, 7) is 2.02. The minimum atomic E-state index is -2.55. The number of hydrogen-bond acceptors (Lipinski definition) is 8. The number of primary amides is 1. The van der Waals surface area contributed by atoms with Crippen LogP contribution < -0.4 is 5.73 Å². The van der Waals surface area contributed by atoms with Crippen molar-refractivity contribution in [1.82, 2.24) is 0 Å². The molecule has 0 aliphatic heterocycles. The summed E-state index contributed by atoms with van der Waals surface area (Å²) in [5.41, 5.74) is 3.80. The van der Waals surface area contributed by atoms with E-state index < -0.39 is 52.0 Å². The van der Waals surface area contributed by atoms with E-state index in [1.807, 2.05) is 6.92 Å². The highest BCUT2D eigenvalue weighted by atomic mass is 16.5. The molecule has 0 spiro atoms. The molecular formula is C23H25NO8. The number of nitrogens with two attached hydrogens (primary N) is 1. The van der Waals surface area contributed by atoms with Crippen LogP contribution in [0.15, 0.2) is 23.0 Å². The predicted molar refractivity (Wildman–Crippen MR) is 111 cm³/mol. The number of fused-ring (bicyclic) bond motifs is 3. The lowest BCUT2D eigenvalue weighted by Gasteiger charge is -2.46. The van der Waals surface area contributed by atoms with E-state index in [1.165, 1.54) is 7.11 Å². The number of rotatable bonds is 4. The van der Waals surface area contributed by atoms with Gasteiger partial charge in [0.1, 0.15) is 22.8 Å². The molecule has 3 unspecified atom stereocenters. The Morgan fingerprint density at radius 3 is 2.50 bits per heavy atom. The molecule has 32 heavy (non-hydrogen) atoms. The van der Waals surface area contributed by atoms with Crippen LogP contribution in [0.3, 0.4) is 0 Å². The summed E-state index contributed by atoms with van der Waals surface area (Å²) in [6.07, 6.45) is 0.700. The first-order valence-corrected chi connectivity index (χ1v) is 10.4. The molecule has 9 nitrogen and oxygen atoms in total. The quantitative estimate of drug-likeness (QED) is 0.432. The van der Waals surface area contributed by atoms with Gasteiger partial charge in [-0.25, -0.2) is 0 Å². The third kappa shape index (κ3) is 2.81. The molecule has 170 valence electrons. The highest BCUT2D eigenvalue weighted by Crippen LogP contribution is 2.52. The Kier molecular flexibility index (Phi) is 5.14. The number of Topliss-reactive ketones (excluding diaryl/α,β-unsaturated/α-hetero) is 2. The van der Waals surface area contributed by atoms with Gasteiger partial charge in [-0.15, -0.1) is 0 Å². The average Bonchev–Trinajstić information content (AvgIpc) is 2.72. The number of phenols is 1. The van der Waals surface area contributed by atoms with Crippen LogP contribution in [0.25, 0.3) is 5.76 Å². The summed E-state index contributed by atoms with van der Waals surface area (Å²) >= 11 is 0. The second-order valence-corrected chi connectivity index (χ2v) is 8.59. The number of ketones is 2. The SMILES string of the molecule is CCc1cc(COC)c(O)c2c1CC1CC3CC(=O)C(C(N)=O)=C(O)C3(O)C(=O)C1=C2O. The number of methoxy groups -OCH3 is 1. The van der Waals surface area contributed by atoms with Crippen molar-refractivity contribution in [2.75, 3.05) is 7.11 Å². The van der Waals surface area contributed by atoms with E-state index in [4.69, 9.17) is 10.5 Å². The standard InChI is InChI=1S/C23H25NO8/c1-3-9-4-11(8-32-2)18(26)16-13(9)6-10-5-12-7-14(25)17(22(24)30)21(29)23(12,31)20(28)15(10)19(16)27/h4,10,12,26-27,29,31H,3,5-8H2,1-2H3,(H2,24,30). The summed E-state index contributed by atoms with van der Waals surface area (Å²) in [6, 6.07) is 1.80. The van der Waals surface area contributed by atoms with Gasteiger partial charge in [0, 0.05) is 30.6 Å². The van der Waals surface area contributed by atoms with Crippen molar-refractivity contribution in [3.05, 3.63) is 45.2 Å². The van der Waals surface area contributed by atoms with Crippen LogP contribution in [-0.2, 0) is 38.6 Å². The monoisotopic (exact) mass is 443 g/mol. The van der Waals surface area contributed by atoms with E-state index >= 15 is 0 Å². The zero-order chi connectivity index (χ0) is 23.5. The largest absolute Gasteiger partial charge is 0.508 e. The Hall–Kier alpha value is -3.17. The molecule has 0 bridgehead atoms. The number of benzene rings is 1. The number of amides is 1. The van der Waals surface area contributed by atoms with Gasteiger partial charge in [-0.2, -0.15) is 0 Å². The lowest BCUT2D eigenvalue weighted by molar-refractivity contribution is -0.147. The maximum atomic E-state index is 13.5. The summed E-state index contributed by atoms with van der Waals surface area (Å²) in [4.78, 5) is 37.5. The van der Waals surface area contributed by atoms with Gasteiger partial charge < -0.3 is 30.9 Å². The number of ether oxygens (including phenoxy) is 1. The lowest BCUT2D eigenvalue weighted by Crippen LogP contribution is -2.58. The Morgan fingerprint density at radius 2 is 1.91 bits per heavy atom. The van der Waals surface area contributed by atoms with Gasteiger partial charge >= 0.3 is 0 Å². The van der Waals surface area contributed by atoms with Crippen molar-refractivity contribution in [3.8, 4) is 5.75 Å². The highest BCUT2D eigenvalue weighted by Gasteiger charge is 2.60. The first-order valence-electron chi connectivity index (χ1n) is 10.4. The first-order chi connectivity index (χ1) is 15.1. The fourth-order valence-corrected chi connectivity index (χ4v) is 5.41. The third-order valence-corrected chi connectivity index (χ3v) is 6.92. The topological polar surface area (TPSA) is 167 Å². The van der Waals surface area contributed by atoms with Crippen LogP contribution in [0.4, 0.5) is 0 Å². The summed E-state index contributed by atoms with van der Waals surface area (Å²) < 4.78 is 5.13. The fraction of sp³-hybridized carbons (Fsp3) is 0.435. The van der Waals surface area contributed by atoms with E-state index in [0.29, 0.717) is 24.0 Å². The van der Waals surface area contributed by atoms with Gasteiger partial charge in [-0.05, 0) is 42.4 Å². The summed E-state index contributed by atoms with van der Waals surface area (Å²) in [5.74, 6) is -6.26. The zero-order valence-electron chi connectivity index (χ0n) is 17.8. The number of carbonyl (C=O) groups excluding carboxylic acids is 3. The maximum absolute atomic E-state index is 13.5. The van der Waals surface area contributed by atoms with Crippen molar-refractivity contribution >= 4 is 23.2 Å². The second kappa shape index (κ2) is 7.46. The van der Waals surface area contributed by atoms with Crippen LogP contribution in [0, 0.1) is 11.8 Å². The lowest BCUT2D eigenvalue weighted by atomic mass is 9.59. The van der Waals surface area contributed by atoms with E-state index in [9.17, 15) is 34.8 Å². The van der Waals surface area contributed by atoms with Crippen molar-refractivity contribution in [1.29, 1.82) is 0 Å². The maximum Gasteiger partial charge on any atom is 0.255 e. The molecule has 3 atom stereocenters. The molecule has 4 rings (SSSR count). The zero-order valence-corrected chi connectivity index (χ0v) is 17.8. The molecule has 0 saturated heterocycles. The third-order valence-electron chi connectivity index (χ3n) is 6.92. The summed E-state index contributed by atoms with van der Waals surface area (Å²) in [7, 11) is 1.47. The minimum Gasteiger partial charge on any atom is -0.508 e.